The minimum atomic E-state index is -1.69. The molecular formula is C10H13N5O4. The first-order chi connectivity index (χ1) is 9.07. The lowest BCUT2D eigenvalue weighted by atomic mass is 10.0. The van der Waals surface area contributed by atoms with Crippen LogP contribution < -0.4 is 5.73 Å². The number of rotatable bonds is 2. The largest absolute Gasteiger partial charge is 0.393 e. The van der Waals surface area contributed by atoms with Gasteiger partial charge in [-0.3, -0.25) is 4.57 Å². The molecular weight excluding hydrogens is 254 g/mol. The zero-order chi connectivity index (χ0) is 13.6. The van der Waals surface area contributed by atoms with Gasteiger partial charge >= 0.3 is 0 Å². The molecule has 3 heterocycles. The van der Waals surface area contributed by atoms with Crippen LogP contribution in [0.1, 0.15) is 6.23 Å². The minimum absolute atomic E-state index is 0.185. The van der Waals surface area contributed by atoms with Crippen LogP contribution in [0.2, 0.25) is 0 Å². The van der Waals surface area contributed by atoms with Crippen molar-refractivity contribution in [1.82, 2.24) is 19.5 Å². The summed E-state index contributed by atoms with van der Waals surface area (Å²) in [5.41, 5.74) is 4.74. The van der Waals surface area contributed by atoms with E-state index in [-0.39, 0.29) is 12.4 Å². The Morgan fingerprint density at radius 3 is 2.95 bits per heavy atom. The van der Waals surface area contributed by atoms with Crippen LogP contribution in [0.3, 0.4) is 0 Å². The van der Waals surface area contributed by atoms with Crippen LogP contribution in [0.25, 0.3) is 11.2 Å². The Balaban J connectivity index is 2.05. The summed E-state index contributed by atoms with van der Waals surface area (Å²) in [5.74, 6) is 0.216. The molecule has 0 amide bonds. The number of imidazole rings is 1. The second-order valence-electron chi connectivity index (χ2n) is 4.49. The molecule has 3 rings (SSSR count). The van der Waals surface area contributed by atoms with Crippen molar-refractivity contribution in [3.05, 3.63) is 12.7 Å². The van der Waals surface area contributed by atoms with Gasteiger partial charge in [0.25, 0.3) is 0 Å². The summed E-state index contributed by atoms with van der Waals surface area (Å²) in [6.07, 6.45) is 0.477. The number of nitrogen functional groups attached to an aromatic ring is 1. The fraction of sp³-hybridized carbons (Fsp3) is 0.500. The molecule has 0 spiro atoms. The van der Waals surface area contributed by atoms with Gasteiger partial charge < -0.3 is 25.8 Å². The molecule has 2 aromatic heterocycles. The van der Waals surface area contributed by atoms with Gasteiger partial charge in [0.05, 0.1) is 19.5 Å². The van der Waals surface area contributed by atoms with E-state index in [2.05, 4.69) is 15.0 Å². The lowest BCUT2D eigenvalue weighted by Gasteiger charge is -2.24. The molecule has 1 aliphatic heterocycles. The van der Waals surface area contributed by atoms with E-state index < -0.39 is 24.5 Å². The third-order valence-electron chi connectivity index (χ3n) is 3.26. The second kappa shape index (κ2) is 4.10. The van der Waals surface area contributed by atoms with E-state index in [0.29, 0.717) is 11.2 Å². The maximum atomic E-state index is 10.1. The summed E-state index contributed by atoms with van der Waals surface area (Å²) in [6.45, 7) is -0.788. The van der Waals surface area contributed by atoms with Gasteiger partial charge in [0.1, 0.15) is 23.5 Å². The Morgan fingerprint density at radius 1 is 1.47 bits per heavy atom. The number of ether oxygens (including phenoxy) is 1. The fourth-order valence-electron chi connectivity index (χ4n) is 2.10. The van der Waals surface area contributed by atoms with Gasteiger partial charge in [-0.25, -0.2) is 15.0 Å². The molecule has 0 aliphatic carbocycles. The summed E-state index contributed by atoms with van der Waals surface area (Å²) in [6, 6.07) is 0. The molecule has 0 bridgehead atoms. The van der Waals surface area contributed by atoms with Crippen LogP contribution >= 0.6 is 0 Å². The highest BCUT2D eigenvalue weighted by Gasteiger charge is 2.49. The number of anilines is 1. The predicted molar refractivity (Wildman–Crippen MR) is 62.8 cm³/mol. The van der Waals surface area contributed by atoms with Crippen molar-refractivity contribution in [2.24, 2.45) is 0 Å². The smallest absolute Gasteiger partial charge is 0.167 e. The number of nitrogens with zero attached hydrogens (tertiary/aromatic N) is 4. The van der Waals surface area contributed by atoms with Gasteiger partial charge in [0.15, 0.2) is 17.7 Å². The molecule has 9 heteroatoms. The van der Waals surface area contributed by atoms with E-state index in [1.807, 2.05) is 0 Å². The first-order valence-corrected chi connectivity index (χ1v) is 5.63. The molecule has 0 radical (unpaired) electrons. The molecule has 19 heavy (non-hydrogen) atoms. The third-order valence-corrected chi connectivity index (χ3v) is 3.26. The molecule has 9 nitrogen and oxygen atoms in total. The first kappa shape index (κ1) is 12.2. The summed E-state index contributed by atoms with van der Waals surface area (Å²) in [7, 11) is 0. The van der Waals surface area contributed by atoms with Crippen LogP contribution in [-0.2, 0) is 4.74 Å². The standard InChI is InChI=1S/C10H13N5O4/c11-7-5-8(13-3-12-7)15(4-14-5)9-6(17)10(18,1-16)2-19-9/h3-4,6,9,16-18H,1-2H2,(H2,11,12,13)/t6-,9+,10-/m0/s1. The quantitative estimate of drug-likeness (QED) is 0.491. The highest BCUT2D eigenvalue weighted by atomic mass is 16.6. The number of aliphatic hydroxyl groups excluding tert-OH is 2. The Kier molecular flexibility index (Phi) is 2.64. The number of aliphatic hydroxyl groups is 3. The van der Waals surface area contributed by atoms with Crippen LogP contribution in [0.15, 0.2) is 12.7 Å². The lowest BCUT2D eigenvalue weighted by molar-refractivity contribution is -0.0873. The Bertz CT molecular complexity index is 617. The van der Waals surface area contributed by atoms with E-state index in [1.54, 1.807) is 0 Å². The van der Waals surface area contributed by atoms with Gasteiger partial charge in [0, 0.05) is 0 Å². The average Bonchev–Trinajstić information content (AvgIpc) is 2.95. The molecule has 102 valence electrons. The van der Waals surface area contributed by atoms with E-state index >= 15 is 0 Å². The number of hydrogen-bond donors (Lipinski definition) is 4. The molecule has 5 N–H and O–H groups in total. The third kappa shape index (κ3) is 1.67. The summed E-state index contributed by atoms with van der Waals surface area (Å²) in [4.78, 5) is 11.9. The molecule has 1 saturated heterocycles. The van der Waals surface area contributed by atoms with Crippen molar-refractivity contribution < 1.29 is 20.1 Å². The highest BCUT2D eigenvalue weighted by Crippen LogP contribution is 2.33. The van der Waals surface area contributed by atoms with E-state index in [0.717, 1.165) is 0 Å². The van der Waals surface area contributed by atoms with Crippen LogP contribution in [0, 0.1) is 0 Å². The number of nitrogens with two attached hydrogens (primary N) is 1. The number of aromatic nitrogens is 4. The minimum Gasteiger partial charge on any atom is -0.393 e. The molecule has 0 aromatic carbocycles. The highest BCUT2D eigenvalue weighted by molar-refractivity contribution is 5.81. The van der Waals surface area contributed by atoms with Crippen molar-refractivity contribution in [2.75, 3.05) is 18.9 Å². The Morgan fingerprint density at radius 2 is 2.26 bits per heavy atom. The zero-order valence-corrected chi connectivity index (χ0v) is 9.84. The molecule has 3 atom stereocenters. The maximum absolute atomic E-state index is 10.1. The maximum Gasteiger partial charge on any atom is 0.167 e. The van der Waals surface area contributed by atoms with Crippen LogP contribution in [0.4, 0.5) is 5.82 Å². The van der Waals surface area contributed by atoms with Gasteiger partial charge in [-0.15, -0.1) is 0 Å². The zero-order valence-electron chi connectivity index (χ0n) is 9.84. The molecule has 2 aromatic rings. The average molecular weight is 267 g/mol. The van der Waals surface area contributed by atoms with Gasteiger partial charge in [-0.05, 0) is 0 Å². The first-order valence-electron chi connectivity index (χ1n) is 5.63. The van der Waals surface area contributed by atoms with Crippen molar-refractivity contribution >= 4 is 17.0 Å². The summed E-state index contributed by atoms with van der Waals surface area (Å²) >= 11 is 0. The van der Waals surface area contributed by atoms with Gasteiger partial charge in [-0.2, -0.15) is 0 Å². The summed E-state index contributed by atoms with van der Waals surface area (Å²) in [5, 5.41) is 29.1. The lowest BCUT2D eigenvalue weighted by Crippen LogP contribution is -2.46. The van der Waals surface area contributed by atoms with Crippen molar-refractivity contribution in [3.8, 4) is 0 Å². The molecule has 0 saturated carbocycles. The van der Waals surface area contributed by atoms with Crippen molar-refractivity contribution in [3.63, 3.8) is 0 Å². The monoisotopic (exact) mass is 267 g/mol. The summed E-state index contributed by atoms with van der Waals surface area (Å²) < 4.78 is 6.78. The van der Waals surface area contributed by atoms with Gasteiger partial charge in [-0.1, -0.05) is 0 Å². The second-order valence-corrected chi connectivity index (χ2v) is 4.49. The van der Waals surface area contributed by atoms with Gasteiger partial charge in [0.2, 0.25) is 0 Å². The number of hydrogen-bond acceptors (Lipinski definition) is 8. The Hall–Kier alpha value is -1.81. The van der Waals surface area contributed by atoms with E-state index in [9.17, 15) is 10.2 Å². The number of fused-ring (bicyclic) bond motifs is 1. The van der Waals surface area contributed by atoms with E-state index in [1.165, 1.54) is 17.2 Å². The molecule has 1 fully saturated rings. The molecule has 0 unspecified atom stereocenters. The van der Waals surface area contributed by atoms with E-state index in [4.69, 9.17) is 15.6 Å². The van der Waals surface area contributed by atoms with Crippen molar-refractivity contribution in [2.45, 2.75) is 17.9 Å². The van der Waals surface area contributed by atoms with Crippen LogP contribution in [-0.4, -0.2) is 59.8 Å². The normalized spacial score (nSPS) is 31.1. The van der Waals surface area contributed by atoms with Crippen LogP contribution in [0.5, 0.6) is 0 Å². The Labute approximate surface area is 107 Å². The molecule has 1 aliphatic rings. The predicted octanol–water partition coefficient (Wildman–Crippen LogP) is -1.98. The SMILES string of the molecule is Nc1ncnc2c1ncn2[C@@H]1OC[C@@](O)(CO)[C@H]1O. The topological polar surface area (TPSA) is 140 Å². The van der Waals surface area contributed by atoms with Crippen molar-refractivity contribution in [1.29, 1.82) is 0 Å². The fourth-order valence-corrected chi connectivity index (χ4v) is 2.10.